The summed E-state index contributed by atoms with van der Waals surface area (Å²) >= 11 is 0. The lowest BCUT2D eigenvalue weighted by Gasteiger charge is -2.14. The number of phenolic OH excluding ortho intramolecular Hbond substituents is 1. The molecule has 120 valence electrons. The Kier molecular flexibility index (Phi) is 7.74. The number of rotatable bonds is 7. The minimum atomic E-state index is -0.197. The van der Waals surface area contributed by atoms with Crippen molar-refractivity contribution in [2.75, 3.05) is 6.54 Å². The van der Waals surface area contributed by atoms with Crippen molar-refractivity contribution >= 4 is 12.4 Å². The maximum absolute atomic E-state index is 10.1. The van der Waals surface area contributed by atoms with E-state index < -0.39 is 0 Å². The second-order valence-corrected chi connectivity index (χ2v) is 5.03. The maximum Gasteiger partial charge on any atom is 0.124 e. The van der Waals surface area contributed by atoms with Gasteiger partial charge in [-0.1, -0.05) is 36.4 Å². The molecule has 0 amide bonds. The zero-order valence-electron chi connectivity index (χ0n) is 12.4. The molecule has 5 heteroatoms. The lowest BCUT2D eigenvalue weighted by atomic mass is 10.0. The fourth-order valence-corrected chi connectivity index (χ4v) is 2.16. The number of ether oxygens (including phenoxy) is 1. The highest BCUT2D eigenvalue weighted by atomic mass is 35.5. The SMILES string of the molecule is Cl.NCCC[C@H](N)c1ccc(OCc2ccccc2)cc1O. The lowest BCUT2D eigenvalue weighted by Crippen LogP contribution is -2.12. The van der Waals surface area contributed by atoms with Gasteiger partial charge in [0.1, 0.15) is 18.1 Å². The molecule has 0 unspecified atom stereocenters. The molecule has 0 fully saturated rings. The van der Waals surface area contributed by atoms with Gasteiger partial charge >= 0.3 is 0 Å². The van der Waals surface area contributed by atoms with Crippen LogP contribution in [0.25, 0.3) is 0 Å². The monoisotopic (exact) mass is 322 g/mol. The number of benzene rings is 2. The summed E-state index contributed by atoms with van der Waals surface area (Å²) in [6.45, 7) is 1.07. The number of halogens is 1. The van der Waals surface area contributed by atoms with E-state index in [4.69, 9.17) is 16.2 Å². The maximum atomic E-state index is 10.1. The number of aromatic hydroxyl groups is 1. The van der Waals surface area contributed by atoms with Crippen LogP contribution in [0.15, 0.2) is 48.5 Å². The average molecular weight is 323 g/mol. The zero-order chi connectivity index (χ0) is 15.1. The molecule has 2 rings (SSSR count). The smallest absolute Gasteiger partial charge is 0.124 e. The second-order valence-electron chi connectivity index (χ2n) is 5.03. The van der Waals surface area contributed by atoms with Crippen molar-refractivity contribution in [2.45, 2.75) is 25.5 Å². The molecule has 1 atom stereocenters. The van der Waals surface area contributed by atoms with Crippen molar-refractivity contribution in [1.29, 1.82) is 0 Å². The highest BCUT2D eigenvalue weighted by Crippen LogP contribution is 2.29. The van der Waals surface area contributed by atoms with Crippen LogP contribution in [0.4, 0.5) is 0 Å². The highest BCUT2D eigenvalue weighted by molar-refractivity contribution is 5.85. The zero-order valence-corrected chi connectivity index (χ0v) is 13.3. The highest BCUT2D eigenvalue weighted by Gasteiger charge is 2.11. The van der Waals surface area contributed by atoms with Crippen molar-refractivity contribution in [3.05, 3.63) is 59.7 Å². The Hall–Kier alpha value is -1.75. The quantitative estimate of drug-likeness (QED) is 0.731. The van der Waals surface area contributed by atoms with Crippen LogP contribution in [0, 0.1) is 0 Å². The van der Waals surface area contributed by atoms with Gasteiger partial charge in [0.15, 0.2) is 0 Å². The van der Waals surface area contributed by atoms with Gasteiger partial charge in [-0.05, 0) is 31.0 Å². The third kappa shape index (κ3) is 5.22. The van der Waals surface area contributed by atoms with E-state index >= 15 is 0 Å². The van der Waals surface area contributed by atoms with E-state index in [1.807, 2.05) is 42.5 Å². The van der Waals surface area contributed by atoms with Gasteiger partial charge in [-0.15, -0.1) is 12.4 Å². The first-order valence-corrected chi connectivity index (χ1v) is 7.16. The van der Waals surface area contributed by atoms with Crippen LogP contribution in [0.2, 0.25) is 0 Å². The van der Waals surface area contributed by atoms with Crippen molar-refractivity contribution in [2.24, 2.45) is 11.5 Å². The normalized spacial score (nSPS) is 11.5. The molecule has 0 aliphatic carbocycles. The van der Waals surface area contributed by atoms with Gasteiger partial charge in [0.05, 0.1) is 0 Å². The van der Waals surface area contributed by atoms with Crippen molar-refractivity contribution in [3.63, 3.8) is 0 Å². The van der Waals surface area contributed by atoms with Crippen molar-refractivity contribution < 1.29 is 9.84 Å². The molecule has 0 spiro atoms. The van der Waals surface area contributed by atoms with Gasteiger partial charge in [0.2, 0.25) is 0 Å². The molecule has 2 aromatic carbocycles. The minimum Gasteiger partial charge on any atom is -0.507 e. The third-order valence-electron chi connectivity index (χ3n) is 3.37. The minimum absolute atomic E-state index is 0. The summed E-state index contributed by atoms with van der Waals surface area (Å²) < 4.78 is 5.67. The molecule has 0 bridgehead atoms. The van der Waals surface area contributed by atoms with E-state index in [-0.39, 0.29) is 24.2 Å². The summed E-state index contributed by atoms with van der Waals surface area (Å²) in [5.74, 6) is 0.802. The molecular weight excluding hydrogens is 300 g/mol. The van der Waals surface area contributed by atoms with E-state index in [1.54, 1.807) is 6.07 Å². The van der Waals surface area contributed by atoms with Crippen LogP contribution in [0.5, 0.6) is 11.5 Å². The fraction of sp³-hybridized carbons (Fsp3) is 0.294. The lowest BCUT2D eigenvalue weighted by molar-refractivity contribution is 0.304. The van der Waals surface area contributed by atoms with E-state index in [0.717, 1.165) is 24.0 Å². The molecule has 0 saturated heterocycles. The molecule has 4 nitrogen and oxygen atoms in total. The van der Waals surface area contributed by atoms with E-state index in [2.05, 4.69) is 0 Å². The first kappa shape index (κ1) is 18.3. The van der Waals surface area contributed by atoms with E-state index in [0.29, 0.717) is 18.9 Å². The largest absolute Gasteiger partial charge is 0.507 e. The fourth-order valence-electron chi connectivity index (χ4n) is 2.16. The van der Waals surface area contributed by atoms with E-state index in [9.17, 15) is 5.11 Å². The third-order valence-corrected chi connectivity index (χ3v) is 3.37. The van der Waals surface area contributed by atoms with Crippen LogP contribution >= 0.6 is 12.4 Å². The Balaban J connectivity index is 0.00000242. The Morgan fingerprint density at radius 3 is 2.45 bits per heavy atom. The van der Waals surface area contributed by atoms with Gasteiger partial charge in [0.25, 0.3) is 0 Å². The van der Waals surface area contributed by atoms with Crippen LogP contribution < -0.4 is 16.2 Å². The second kappa shape index (κ2) is 9.30. The first-order valence-electron chi connectivity index (χ1n) is 7.16. The predicted molar refractivity (Wildman–Crippen MR) is 91.3 cm³/mol. The van der Waals surface area contributed by atoms with Crippen LogP contribution in [-0.4, -0.2) is 11.7 Å². The number of phenols is 1. The number of hydrogen-bond donors (Lipinski definition) is 3. The summed E-state index contributed by atoms with van der Waals surface area (Å²) in [6.07, 6.45) is 1.60. The summed E-state index contributed by atoms with van der Waals surface area (Å²) in [4.78, 5) is 0. The summed E-state index contributed by atoms with van der Waals surface area (Å²) in [7, 11) is 0. The van der Waals surface area contributed by atoms with Gasteiger partial charge in [-0.3, -0.25) is 0 Å². The van der Waals surface area contributed by atoms with Crippen LogP contribution in [0.1, 0.15) is 30.0 Å². The number of hydrogen-bond acceptors (Lipinski definition) is 4. The summed E-state index contributed by atoms with van der Waals surface area (Å²) in [5.41, 5.74) is 13.3. The topological polar surface area (TPSA) is 81.5 Å². The van der Waals surface area contributed by atoms with Crippen molar-refractivity contribution in [3.8, 4) is 11.5 Å². The average Bonchev–Trinajstić information content (AvgIpc) is 2.51. The standard InChI is InChI=1S/C17H22N2O2.ClH/c18-10-4-7-16(19)15-9-8-14(11-17(15)20)21-12-13-5-2-1-3-6-13;/h1-3,5-6,8-9,11,16,20H,4,7,10,12,18-19H2;1H/t16-;/m0./s1. The molecule has 0 saturated carbocycles. The summed E-state index contributed by atoms with van der Waals surface area (Å²) in [5, 5.41) is 10.1. The van der Waals surface area contributed by atoms with Gasteiger partial charge in [-0.25, -0.2) is 0 Å². The predicted octanol–water partition coefficient (Wildman–Crippen LogP) is 3.13. The Bertz CT molecular complexity index is 564. The Morgan fingerprint density at radius 1 is 1.09 bits per heavy atom. The summed E-state index contributed by atoms with van der Waals surface area (Å²) in [6, 6.07) is 15.0. The van der Waals surface area contributed by atoms with E-state index in [1.165, 1.54) is 0 Å². The van der Waals surface area contributed by atoms with Crippen molar-refractivity contribution in [1.82, 2.24) is 0 Å². The molecule has 0 radical (unpaired) electrons. The molecule has 0 aliphatic rings. The van der Waals surface area contributed by atoms with Crippen LogP contribution in [0.3, 0.4) is 0 Å². The first-order chi connectivity index (χ1) is 10.2. The molecular formula is C17H23ClN2O2. The Morgan fingerprint density at radius 2 is 1.82 bits per heavy atom. The molecule has 2 aromatic rings. The van der Waals surface area contributed by atoms with Crippen LogP contribution in [-0.2, 0) is 6.61 Å². The molecule has 0 aliphatic heterocycles. The Labute approximate surface area is 137 Å². The van der Waals surface area contributed by atoms with Gasteiger partial charge in [-0.2, -0.15) is 0 Å². The molecule has 0 aromatic heterocycles. The molecule has 22 heavy (non-hydrogen) atoms. The molecule has 5 N–H and O–H groups in total. The number of nitrogens with two attached hydrogens (primary N) is 2. The molecule has 0 heterocycles. The van der Waals surface area contributed by atoms with Gasteiger partial charge < -0.3 is 21.3 Å². The van der Waals surface area contributed by atoms with Gasteiger partial charge in [0, 0.05) is 17.7 Å².